The second kappa shape index (κ2) is 6.25. The molecule has 0 fully saturated rings. The quantitative estimate of drug-likeness (QED) is 0.740. The molecular formula is C18H17N5OS. The van der Waals surface area contributed by atoms with Crippen LogP contribution in [0.2, 0.25) is 0 Å². The van der Waals surface area contributed by atoms with Gasteiger partial charge in [0.05, 0.1) is 12.2 Å². The van der Waals surface area contributed by atoms with E-state index in [1.54, 1.807) is 12.4 Å². The molecule has 0 saturated carbocycles. The predicted molar refractivity (Wildman–Crippen MR) is 97.0 cm³/mol. The number of nitrogen functional groups attached to an aromatic ring is 1. The molecule has 1 unspecified atom stereocenters. The summed E-state index contributed by atoms with van der Waals surface area (Å²) in [5.41, 5.74) is 9.74. The van der Waals surface area contributed by atoms with Crippen molar-refractivity contribution >= 4 is 22.4 Å². The van der Waals surface area contributed by atoms with E-state index in [2.05, 4.69) is 26.3 Å². The number of amides is 1. The number of aromatic nitrogens is 3. The third-order valence-corrected chi connectivity index (χ3v) is 5.29. The fourth-order valence-corrected chi connectivity index (χ4v) is 4.01. The van der Waals surface area contributed by atoms with Crippen molar-refractivity contribution in [3.05, 3.63) is 58.4 Å². The normalized spacial score (nSPS) is 16.8. The van der Waals surface area contributed by atoms with Gasteiger partial charge in [0.25, 0.3) is 0 Å². The standard InChI is InChI=1S/C18H17N5OS/c1-10-3-2-4-11(5-10)17-21-7-12(8-22-17)13-6-15(24)20-9-14-16(13)25-18(19)23-14/h2-5,7-8,13H,6,9H2,1H3,(H2,19,23)(H,20,24). The number of aryl methyl sites for hydroxylation is 1. The Labute approximate surface area is 149 Å². The maximum atomic E-state index is 12.0. The molecule has 2 aromatic heterocycles. The van der Waals surface area contributed by atoms with Crippen molar-refractivity contribution in [3.63, 3.8) is 0 Å². The van der Waals surface area contributed by atoms with Crippen LogP contribution in [0.15, 0.2) is 36.7 Å². The molecule has 25 heavy (non-hydrogen) atoms. The summed E-state index contributed by atoms with van der Waals surface area (Å²) in [4.78, 5) is 26.4. The van der Waals surface area contributed by atoms with Crippen molar-refractivity contribution in [2.24, 2.45) is 0 Å². The van der Waals surface area contributed by atoms with Crippen LogP contribution in [0.25, 0.3) is 11.4 Å². The Bertz CT molecular complexity index is 935. The molecular weight excluding hydrogens is 334 g/mol. The zero-order chi connectivity index (χ0) is 17.4. The molecule has 126 valence electrons. The highest BCUT2D eigenvalue weighted by Gasteiger charge is 2.28. The summed E-state index contributed by atoms with van der Waals surface area (Å²) in [6, 6.07) is 8.07. The lowest BCUT2D eigenvalue weighted by Crippen LogP contribution is -2.21. The molecule has 3 aromatic rings. The van der Waals surface area contributed by atoms with Gasteiger partial charge in [0.15, 0.2) is 11.0 Å². The van der Waals surface area contributed by atoms with Gasteiger partial charge in [-0.3, -0.25) is 4.79 Å². The van der Waals surface area contributed by atoms with Crippen molar-refractivity contribution in [2.75, 3.05) is 5.73 Å². The average molecular weight is 351 g/mol. The van der Waals surface area contributed by atoms with Gasteiger partial charge in [0.1, 0.15) is 0 Å². The van der Waals surface area contributed by atoms with E-state index in [0.29, 0.717) is 23.9 Å². The van der Waals surface area contributed by atoms with Crippen LogP contribution in [-0.4, -0.2) is 20.9 Å². The van der Waals surface area contributed by atoms with Gasteiger partial charge in [-0.2, -0.15) is 0 Å². The average Bonchev–Trinajstić information content (AvgIpc) is 2.91. The first-order valence-corrected chi connectivity index (χ1v) is 8.82. The third kappa shape index (κ3) is 3.10. The minimum atomic E-state index is -0.112. The molecule has 1 atom stereocenters. The van der Waals surface area contributed by atoms with E-state index in [4.69, 9.17) is 5.73 Å². The summed E-state index contributed by atoms with van der Waals surface area (Å²) < 4.78 is 0. The lowest BCUT2D eigenvalue weighted by atomic mass is 9.96. The van der Waals surface area contributed by atoms with Gasteiger partial charge in [-0.05, 0) is 18.6 Å². The molecule has 6 nitrogen and oxygen atoms in total. The summed E-state index contributed by atoms with van der Waals surface area (Å²) in [5.74, 6) is 0.560. The first kappa shape index (κ1) is 15.7. The van der Waals surface area contributed by atoms with Gasteiger partial charge in [0, 0.05) is 35.2 Å². The number of benzene rings is 1. The van der Waals surface area contributed by atoms with Gasteiger partial charge in [-0.15, -0.1) is 11.3 Å². The number of carbonyl (C=O) groups excluding carboxylic acids is 1. The maximum Gasteiger partial charge on any atom is 0.221 e. The van der Waals surface area contributed by atoms with Crippen LogP contribution in [0.3, 0.4) is 0 Å². The molecule has 4 rings (SSSR count). The van der Waals surface area contributed by atoms with Crippen LogP contribution in [0.5, 0.6) is 0 Å². The van der Waals surface area contributed by atoms with Gasteiger partial charge in [0.2, 0.25) is 5.91 Å². The van der Waals surface area contributed by atoms with Crippen molar-refractivity contribution in [1.82, 2.24) is 20.3 Å². The van der Waals surface area contributed by atoms with Gasteiger partial charge < -0.3 is 11.1 Å². The summed E-state index contributed by atoms with van der Waals surface area (Å²) >= 11 is 1.43. The lowest BCUT2D eigenvalue weighted by Gasteiger charge is -2.13. The summed E-state index contributed by atoms with van der Waals surface area (Å²) in [7, 11) is 0. The highest BCUT2D eigenvalue weighted by atomic mass is 32.1. The Morgan fingerprint density at radius 1 is 1.28 bits per heavy atom. The minimum Gasteiger partial charge on any atom is -0.375 e. The second-order valence-electron chi connectivity index (χ2n) is 6.11. The van der Waals surface area contributed by atoms with Gasteiger partial charge >= 0.3 is 0 Å². The van der Waals surface area contributed by atoms with Crippen molar-refractivity contribution < 1.29 is 4.79 Å². The molecule has 1 aliphatic heterocycles. The fourth-order valence-electron chi connectivity index (χ4n) is 3.03. The number of rotatable bonds is 2. The van der Waals surface area contributed by atoms with Crippen LogP contribution in [-0.2, 0) is 11.3 Å². The monoisotopic (exact) mass is 351 g/mol. The molecule has 0 spiro atoms. The summed E-state index contributed by atoms with van der Waals surface area (Å²) in [6.07, 6.45) is 3.95. The molecule has 7 heteroatoms. The molecule has 3 heterocycles. The Morgan fingerprint density at radius 2 is 2.08 bits per heavy atom. The second-order valence-corrected chi connectivity index (χ2v) is 7.17. The number of carbonyl (C=O) groups is 1. The topological polar surface area (TPSA) is 93.8 Å². The zero-order valence-electron chi connectivity index (χ0n) is 13.7. The van der Waals surface area contributed by atoms with Crippen LogP contribution < -0.4 is 11.1 Å². The molecule has 0 radical (unpaired) electrons. The fraction of sp³-hybridized carbons (Fsp3) is 0.222. The van der Waals surface area contributed by atoms with Crippen molar-refractivity contribution in [3.8, 4) is 11.4 Å². The summed E-state index contributed by atoms with van der Waals surface area (Å²) in [6.45, 7) is 2.46. The molecule has 3 N–H and O–H groups in total. The molecule has 0 bridgehead atoms. The minimum absolute atomic E-state index is 0.00321. The molecule has 1 aromatic carbocycles. The number of hydrogen-bond donors (Lipinski definition) is 2. The van der Waals surface area contributed by atoms with E-state index < -0.39 is 0 Å². The lowest BCUT2D eigenvalue weighted by molar-refractivity contribution is -0.121. The van der Waals surface area contributed by atoms with Crippen LogP contribution in [0.4, 0.5) is 5.13 Å². The highest BCUT2D eigenvalue weighted by Crippen LogP contribution is 2.37. The van der Waals surface area contributed by atoms with E-state index in [-0.39, 0.29) is 11.8 Å². The highest BCUT2D eigenvalue weighted by molar-refractivity contribution is 7.15. The molecule has 1 aliphatic rings. The number of thiazole rings is 1. The third-order valence-electron chi connectivity index (χ3n) is 4.25. The van der Waals surface area contributed by atoms with E-state index in [1.807, 2.05) is 25.1 Å². The SMILES string of the molecule is Cc1cccc(-c2ncc(C3CC(=O)NCc4nc(N)sc43)cn2)c1. The van der Waals surface area contributed by atoms with E-state index in [1.165, 1.54) is 11.3 Å². The van der Waals surface area contributed by atoms with Crippen LogP contribution >= 0.6 is 11.3 Å². The first-order chi connectivity index (χ1) is 12.1. The largest absolute Gasteiger partial charge is 0.375 e. The van der Waals surface area contributed by atoms with E-state index >= 15 is 0 Å². The van der Waals surface area contributed by atoms with Crippen molar-refractivity contribution in [1.29, 1.82) is 0 Å². The maximum absolute atomic E-state index is 12.0. The Kier molecular flexibility index (Phi) is 3.93. The predicted octanol–water partition coefficient (Wildman–Crippen LogP) is 2.64. The van der Waals surface area contributed by atoms with Crippen LogP contribution in [0.1, 0.15) is 34.0 Å². The number of nitrogens with two attached hydrogens (primary N) is 1. The van der Waals surface area contributed by atoms with Gasteiger partial charge in [-0.1, -0.05) is 23.8 Å². The number of anilines is 1. The number of hydrogen-bond acceptors (Lipinski definition) is 6. The van der Waals surface area contributed by atoms with E-state index in [9.17, 15) is 4.79 Å². The molecule has 0 saturated heterocycles. The molecule has 0 aliphatic carbocycles. The number of nitrogens with zero attached hydrogens (tertiary/aromatic N) is 3. The number of nitrogens with one attached hydrogen (secondary N) is 1. The zero-order valence-corrected chi connectivity index (χ0v) is 14.5. The van der Waals surface area contributed by atoms with Crippen LogP contribution in [0, 0.1) is 6.92 Å². The number of fused-ring (bicyclic) bond motifs is 1. The Balaban J connectivity index is 1.70. The van der Waals surface area contributed by atoms with E-state index in [0.717, 1.165) is 27.3 Å². The van der Waals surface area contributed by atoms with Gasteiger partial charge in [-0.25, -0.2) is 15.0 Å². The first-order valence-electron chi connectivity index (χ1n) is 8.01. The Morgan fingerprint density at radius 3 is 2.84 bits per heavy atom. The molecule has 1 amide bonds. The smallest absolute Gasteiger partial charge is 0.221 e. The Hall–Kier alpha value is -2.80. The van der Waals surface area contributed by atoms with Crippen molar-refractivity contribution in [2.45, 2.75) is 25.8 Å². The summed E-state index contributed by atoms with van der Waals surface area (Å²) in [5, 5.41) is 3.38.